The summed E-state index contributed by atoms with van der Waals surface area (Å²) in [4.78, 5) is 35.7. The molecule has 0 atom stereocenters. The molecule has 0 spiro atoms. The molecule has 0 aliphatic rings. The second-order valence-corrected chi connectivity index (χ2v) is 5.04. The van der Waals surface area contributed by atoms with Crippen molar-refractivity contribution in [2.45, 2.75) is 6.92 Å². The number of rotatable bonds is 3. The Bertz CT molecular complexity index is 1070. The number of nitro benzene ring substituents is 1. The van der Waals surface area contributed by atoms with Crippen LogP contribution in [0.1, 0.15) is 16.1 Å². The Labute approximate surface area is 132 Å². The molecule has 0 radical (unpaired) electrons. The number of fused-ring (bicyclic) bond motifs is 1. The first-order valence-electron chi connectivity index (χ1n) is 6.63. The Balaban J connectivity index is 2.43. The molecular formula is C14H10N4O6. The van der Waals surface area contributed by atoms with E-state index in [9.17, 15) is 29.9 Å². The minimum Gasteiger partial charge on any atom is -0.507 e. The number of nitrogens with zero attached hydrogens (tertiary/aromatic N) is 3. The molecule has 2 aromatic heterocycles. The van der Waals surface area contributed by atoms with Crippen molar-refractivity contribution in [3.63, 3.8) is 0 Å². The van der Waals surface area contributed by atoms with Gasteiger partial charge in [0.15, 0.2) is 5.69 Å². The average Bonchev–Trinajstić information content (AvgIpc) is 2.87. The van der Waals surface area contributed by atoms with Crippen molar-refractivity contribution >= 4 is 22.7 Å². The number of hydrogen-bond acceptors (Lipinski definition) is 6. The quantitative estimate of drug-likeness (QED) is 0.484. The standard InChI is InChI=1S/C14H10N4O6/c1-6-2-3-7(18(23)24)4-8(6)17-13-11(12(16-17)14(21)22)9(19)5-10(20)15-13/h2-5H,1H3,(H,21,22)(H2,15,19,20). The minimum absolute atomic E-state index is 0.0685. The van der Waals surface area contributed by atoms with Gasteiger partial charge in [-0.3, -0.25) is 14.9 Å². The average molecular weight is 330 g/mol. The van der Waals surface area contributed by atoms with E-state index in [-0.39, 0.29) is 22.4 Å². The third-order valence-electron chi connectivity index (χ3n) is 3.49. The van der Waals surface area contributed by atoms with Crippen LogP contribution in [-0.4, -0.2) is 35.9 Å². The van der Waals surface area contributed by atoms with Crippen LogP contribution in [0.2, 0.25) is 0 Å². The van der Waals surface area contributed by atoms with Crippen LogP contribution in [0.15, 0.2) is 29.1 Å². The topological polar surface area (TPSA) is 151 Å². The van der Waals surface area contributed by atoms with E-state index in [0.717, 1.165) is 10.7 Å². The van der Waals surface area contributed by atoms with Gasteiger partial charge < -0.3 is 15.2 Å². The zero-order chi connectivity index (χ0) is 17.6. The lowest BCUT2D eigenvalue weighted by atomic mass is 10.2. The molecule has 0 saturated heterocycles. The van der Waals surface area contributed by atoms with Gasteiger partial charge in [-0.05, 0) is 12.5 Å². The number of benzene rings is 1. The van der Waals surface area contributed by atoms with Crippen molar-refractivity contribution in [3.8, 4) is 11.4 Å². The number of carboxylic acids is 1. The number of carbonyl (C=O) groups is 1. The molecule has 0 bridgehead atoms. The highest BCUT2D eigenvalue weighted by Crippen LogP contribution is 2.29. The van der Waals surface area contributed by atoms with Crippen molar-refractivity contribution in [3.05, 3.63) is 56.0 Å². The number of non-ortho nitro benzene ring substituents is 1. The summed E-state index contributed by atoms with van der Waals surface area (Å²) in [7, 11) is 0. The summed E-state index contributed by atoms with van der Waals surface area (Å²) in [5, 5.41) is 33.9. The first-order valence-corrected chi connectivity index (χ1v) is 6.63. The number of aromatic hydroxyl groups is 1. The maximum Gasteiger partial charge on any atom is 0.357 e. The van der Waals surface area contributed by atoms with Gasteiger partial charge in [-0.25, -0.2) is 9.48 Å². The predicted molar refractivity (Wildman–Crippen MR) is 81.7 cm³/mol. The number of nitro groups is 1. The molecule has 1 aromatic carbocycles. The Kier molecular flexibility index (Phi) is 3.29. The summed E-state index contributed by atoms with van der Waals surface area (Å²) in [6, 6.07) is 4.81. The molecule has 10 nitrogen and oxygen atoms in total. The maximum atomic E-state index is 11.6. The van der Waals surface area contributed by atoms with Gasteiger partial charge >= 0.3 is 5.97 Å². The Hall–Kier alpha value is -3.69. The lowest BCUT2D eigenvalue weighted by Crippen LogP contribution is -2.07. The number of aryl methyl sites for hydroxylation is 1. The van der Waals surface area contributed by atoms with E-state index in [1.165, 1.54) is 18.2 Å². The van der Waals surface area contributed by atoms with Crippen LogP contribution in [0.4, 0.5) is 5.69 Å². The van der Waals surface area contributed by atoms with Crippen molar-refractivity contribution in [2.75, 3.05) is 0 Å². The molecule has 0 amide bonds. The van der Waals surface area contributed by atoms with Crippen LogP contribution in [0.5, 0.6) is 5.75 Å². The fourth-order valence-corrected chi connectivity index (χ4v) is 2.39. The van der Waals surface area contributed by atoms with E-state index in [4.69, 9.17) is 0 Å². The van der Waals surface area contributed by atoms with Gasteiger partial charge in [0, 0.05) is 18.2 Å². The summed E-state index contributed by atoms with van der Waals surface area (Å²) < 4.78 is 1.06. The molecule has 3 aromatic rings. The van der Waals surface area contributed by atoms with Gasteiger partial charge in [0.25, 0.3) is 11.2 Å². The smallest absolute Gasteiger partial charge is 0.357 e. The highest BCUT2D eigenvalue weighted by Gasteiger charge is 2.23. The van der Waals surface area contributed by atoms with Gasteiger partial charge in [-0.2, -0.15) is 5.10 Å². The van der Waals surface area contributed by atoms with Crippen molar-refractivity contribution in [1.29, 1.82) is 0 Å². The van der Waals surface area contributed by atoms with E-state index in [1.54, 1.807) is 6.92 Å². The molecule has 0 aliphatic heterocycles. The Morgan fingerprint density at radius 3 is 2.71 bits per heavy atom. The zero-order valence-electron chi connectivity index (χ0n) is 12.2. The van der Waals surface area contributed by atoms with Crippen molar-refractivity contribution in [1.82, 2.24) is 14.8 Å². The minimum atomic E-state index is -1.41. The SMILES string of the molecule is Cc1ccc([N+](=O)[O-])cc1-n1nc(C(=O)O)c2c(O)cc(=O)[nH]c21. The number of aromatic carboxylic acids is 1. The van der Waals surface area contributed by atoms with E-state index >= 15 is 0 Å². The molecule has 3 N–H and O–H groups in total. The molecule has 2 heterocycles. The largest absolute Gasteiger partial charge is 0.507 e. The number of H-pyrrole nitrogens is 1. The van der Waals surface area contributed by atoms with Gasteiger partial charge in [0.05, 0.1) is 16.0 Å². The number of aromatic nitrogens is 3. The van der Waals surface area contributed by atoms with Gasteiger partial charge in [-0.1, -0.05) is 6.07 Å². The molecule has 0 fully saturated rings. The molecule has 24 heavy (non-hydrogen) atoms. The second kappa shape index (κ2) is 5.19. The fraction of sp³-hybridized carbons (Fsp3) is 0.0714. The monoisotopic (exact) mass is 330 g/mol. The summed E-state index contributed by atoms with van der Waals surface area (Å²) in [6.07, 6.45) is 0. The summed E-state index contributed by atoms with van der Waals surface area (Å²) in [5.74, 6) is -1.95. The fourth-order valence-electron chi connectivity index (χ4n) is 2.39. The van der Waals surface area contributed by atoms with Crippen LogP contribution in [0, 0.1) is 17.0 Å². The summed E-state index contributed by atoms with van der Waals surface area (Å²) in [5.41, 5.74) is -0.667. The zero-order valence-corrected chi connectivity index (χ0v) is 12.2. The van der Waals surface area contributed by atoms with E-state index < -0.39 is 27.9 Å². The predicted octanol–water partition coefficient (Wildman–Crippen LogP) is 1.33. The molecule has 0 unspecified atom stereocenters. The van der Waals surface area contributed by atoms with E-state index in [2.05, 4.69) is 10.1 Å². The number of carboxylic acid groups (broad SMARTS) is 1. The first-order chi connectivity index (χ1) is 11.3. The van der Waals surface area contributed by atoms with Crippen LogP contribution in [0.25, 0.3) is 16.7 Å². The lowest BCUT2D eigenvalue weighted by molar-refractivity contribution is -0.384. The third kappa shape index (κ3) is 2.26. The summed E-state index contributed by atoms with van der Waals surface area (Å²) in [6.45, 7) is 1.65. The number of hydrogen-bond donors (Lipinski definition) is 3. The normalized spacial score (nSPS) is 10.9. The highest BCUT2D eigenvalue weighted by molar-refractivity contribution is 6.03. The highest BCUT2D eigenvalue weighted by atomic mass is 16.6. The Morgan fingerprint density at radius 2 is 2.08 bits per heavy atom. The molecule has 10 heteroatoms. The third-order valence-corrected chi connectivity index (χ3v) is 3.49. The van der Waals surface area contributed by atoms with Crippen LogP contribution < -0.4 is 5.56 Å². The van der Waals surface area contributed by atoms with Crippen LogP contribution in [0.3, 0.4) is 0 Å². The molecular weight excluding hydrogens is 320 g/mol. The lowest BCUT2D eigenvalue weighted by Gasteiger charge is -2.07. The Morgan fingerprint density at radius 1 is 1.38 bits per heavy atom. The molecule has 0 saturated carbocycles. The summed E-state index contributed by atoms with van der Waals surface area (Å²) >= 11 is 0. The number of nitrogens with one attached hydrogen (secondary N) is 1. The second-order valence-electron chi connectivity index (χ2n) is 5.04. The van der Waals surface area contributed by atoms with Crippen LogP contribution in [-0.2, 0) is 0 Å². The van der Waals surface area contributed by atoms with Crippen molar-refractivity contribution in [2.24, 2.45) is 0 Å². The number of aromatic amines is 1. The first kappa shape index (κ1) is 15.2. The van der Waals surface area contributed by atoms with E-state index in [1.807, 2.05) is 0 Å². The van der Waals surface area contributed by atoms with Gasteiger partial charge in [-0.15, -0.1) is 0 Å². The van der Waals surface area contributed by atoms with Crippen LogP contribution >= 0.6 is 0 Å². The number of pyridine rings is 1. The molecule has 122 valence electrons. The van der Waals surface area contributed by atoms with Crippen molar-refractivity contribution < 1.29 is 19.9 Å². The molecule has 0 aliphatic carbocycles. The van der Waals surface area contributed by atoms with Gasteiger partial charge in [0.2, 0.25) is 0 Å². The van der Waals surface area contributed by atoms with Gasteiger partial charge in [0.1, 0.15) is 11.4 Å². The molecule has 3 rings (SSSR count). The van der Waals surface area contributed by atoms with E-state index in [0.29, 0.717) is 5.56 Å². The maximum absolute atomic E-state index is 11.6.